The Kier molecular flexibility index (Phi) is 4.19. The Morgan fingerprint density at radius 2 is 1.84 bits per heavy atom. The lowest BCUT2D eigenvalue weighted by Crippen LogP contribution is -2.60. The summed E-state index contributed by atoms with van der Waals surface area (Å²) in [6.45, 7) is -0.215. The number of benzene rings is 1. The van der Waals surface area contributed by atoms with Crippen molar-refractivity contribution in [2.45, 2.75) is 37.6 Å². The number of nitrogens with zero attached hydrogens (tertiary/aromatic N) is 1. The van der Waals surface area contributed by atoms with Crippen molar-refractivity contribution < 1.29 is 14.4 Å². The van der Waals surface area contributed by atoms with Gasteiger partial charge < -0.3 is 10.6 Å². The summed E-state index contributed by atoms with van der Waals surface area (Å²) in [5.41, 5.74) is 1.27. The first-order valence-corrected chi connectivity index (χ1v) is 9.07. The molecular formula is C19H23N3O3. The van der Waals surface area contributed by atoms with Gasteiger partial charge in [0.1, 0.15) is 6.54 Å². The molecule has 4 atom stereocenters. The summed E-state index contributed by atoms with van der Waals surface area (Å²) in [5, 5.41) is 5.56. The minimum absolute atomic E-state index is 0.0210. The van der Waals surface area contributed by atoms with E-state index in [9.17, 15) is 14.4 Å². The SMILES string of the molecule is O=C(CN1C(=O)CNC1=O)N[C@H]1[C@H]2CCCC[C@H]2[C@@H]1c1ccccc1. The van der Waals surface area contributed by atoms with Gasteiger partial charge in [0.2, 0.25) is 5.91 Å². The van der Waals surface area contributed by atoms with Crippen LogP contribution in [0.5, 0.6) is 0 Å². The Morgan fingerprint density at radius 3 is 2.52 bits per heavy atom. The lowest BCUT2D eigenvalue weighted by Gasteiger charge is -2.55. The molecule has 0 spiro atoms. The molecule has 0 bridgehead atoms. The van der Waals surface area contributed by atoms with Gasteiger partial charge in [-0.1, -0.05) is 43.2 Å². The molecule has 0 radical (unpaired) electrons. The maximum absolute atomic E-state index is 12.5. The first-order valence-electron chi connectivity index (χ1n) is 9.07. The highest BCUT2D eigenvalue weighted by atomic mass is 16.2. The monoisotopic (exact) mass is 341 g/mol. The number of imide groups is 1. The molecule has 3 fully saturated rings. The second-order valence-corrected chi connectivity index (χ2v) is 7.28. The molecule has 1 aliphatic heterocycles. The van der Waals surface area contributed by atoms with Gasteiger partial charge >= 0.3 is 6.03 Å². The zero-order chi connectivity index (χ0) is 17.4. The first-order chi connectivity index (χ1) is 12.1. The molecule has 1 heterocycles. The van der Waals surface area contributed by atoms with E-state index in [1.54, 1.807) is 0 Å². The predicted molar refractivity (Wildman–Crippen MR) is 91.7 cm³/mol. The van der Waals surface area contributed by atoms with Crippen molar-refractivity contribution in [2.24, 2.45) is 11.8 Å². The quantitative estimate of drug-likeness (QED) is 0.817. The highest BCUT2D eigenvalue weighted by molar-refractivity contribution is 6.04. The van der Waals surface area contributed by atoms with Crippen LogP contribution in [0, 0.1) is 11.8 Å². The molecule has 3 aliphatic rings. The van der Waals surface area contributed by atoms with Crippen LogP contribution in [-0.4, -0.2) is 41.9 Å². The lowest BCUT2D eigenvalue weighted by molar-refractivity contribution is -0.132. The maximum Gasteiger partial charge on any atom is 0.325 e. The fraction of sp³-hybridized carbons (Fsp3) is 0.526. The minimum Gasteiger partial charge on any atom is -0.351 e. The van der Waals surface area contributed by atoms with Crippen LogP contribution < -0.4 is 10.6 Å². The van der Waals surface area contributed by atoms with Gasteiger partial charge in [0.25, 0.3) is 5.91 Å². The summed E-state index contributed by atoms with van der Waals surface area (Å²) < 4.78 is 0. The van der Waals surface area contributed by atoms with Gasteiger partial charge in [0.05, 0.1) is 6.54 Å². The molecule has 2 aliphatic carbocycles. The Labute approximate surface area is 147 Å². The number of hydrogen-bond donors (Lipinski definition) is 2. The van der Waals surface area contributed by atoms with Crippen LogP contribution in [0.1, 0.15) is 37.2 Å². The van der Waals surface area contributed by atoms with Gasteiger partial charge in [0, 0.05) is 12.0 Å². The molecule has 132 valence electrons. The summed E-state index contributed by atoms with van der Waals surface area (Å²) in [7, 11) is 0. The van der Waals surface area contributed by atoms with Crippen molar-refractivity contribution in [3.05, 3.63) is 35.9 Å². The Bertz CT molecular complexity index is 674. The normalized spacial score (nSPS) is 31.1. The second-order valence-electron chi connectivity index (χ2n) is 7.28. The van der Waals surface area contributed by atoms with Crippen molar-refractivity contribution in [3.63, 3.8) is 0 Å². The fourth-order valence-electron chi connectivity index (χ4n) is 4.78. The van der Waals surface area contributed by atoms with E-state index in [2.05, 4.69) is 22.8 Å². The third kappa shape index (κ3) is 2.90. The van der Waals surface area contributed by atoms with E-state index >= 15 is 0 Å². The molecule has 1 aromatic carbocycles. The highest BCUT2D eigenvalue weighted by Crippen LogP contribution is 2.54. The average molecular weight is 341 g/mol. The third-order valence-electron chi connectivity index (χ3n) is 5.94. The number of urea groups is 1. The van der Waals surface area contributed by atoms with E-state index in [1.165, 1.54) is 24.8 Å². The number of rotatable bonds is 4. The molecule has 25 heavy (non-hydrogen) atoms. The van der Waals surface area contributed by atoms with E-state index in [0.29, 0.717) is 17.8 Å². The van der Waals surface area contributed by atoms with Gasteiger partial charge in [-0.3, -0.25) is 14.5 Å². The maximum atomic E-state index is 12.5. The molecule has 0 aromatic heterocycles. The molecule has 4 rings (SSSR count). The number of amides is 4. The van der Waals surface area contributed by atoms with Crippen LogP contribution in [0.3, 0.4) is 0 Å². The van der Waals surface area contributed by atoms with Crippen molar-refractivity contribution >= 4 is 17.8 Å². The number of carbonyl (C=O) groups is 3. The van der Waals surface area contributed by atoms with Crippen LogP contribution >= 0.6 is 0 Å². The van der Waals surface area contributed by atoms with Gasteiger partial charge in [-0.2, -0.15) is 0 Å². The van der Waals surface area contributed by atoms with E-state index in [4.69, 9.17) is 0 Å². The van der Waals surface area contributed by atoms with E-state index in [1.807, 2.05) is 18.2 Å². The molecule has 2 N–H and O–H groups in total. The van der Waals surface area contributed by atoms with Gasteiger partial charge in [-0.05, 0) is 30.2 Å². The van der Waals surface area contributed by atoms with Crippen LogP contribution in [0.2, 0.25) is 0 Å². The summed E-state index contributed by atoms with van der Waals surface area (Å²) in [6, 6.07) is 9.96. The molecule has 0 unspecified atom stereocenters. The first kappa shape index (κ1) is 16.1. The molecule has 2 saturated carbocycles. The van der Waals surface area contributed by atoms with Crippen molar-refractivity contribution in [1.29, 1.82) is 0 Å². The number of carbonyl (C=O) groups excluding carboxylic acids is 3. The summed E-state index contributed by atoms with van der Waals surface area (Å²) in [5.74, 6) is 0.868. The minimum atomic E-state index is -0.482. The molecule has 6 heteroatoms. The van der Waals surface area contributed by atoms with Gasteiger partial charge in [-0.25, -0.2) is 4.79 Å². The van der Waals surface area contributed by atoms with Crippen LogP contribution in [0.4, 0.5) is 4.79 Å². The van der Waals surface area contributed by atoms with Crippen molar-refractivity contribution in [2.75, 3.05) is 13.1 Å². The number of fused-ring (bicyclic) bond motifs is 1. The summed E-state index contributed by atoms with van der Waals surface area (Å²) in [6.07, 6.45) is 4.82. The van der Waals surface area contributed by atoms with E-state index in [0.717, 1.165) is 11.3 Å². The van der Waals surface area contributed by atoms with Crippen molar-refractivity contribution in [3.8, 4) is 0 Å². The van der Waals surface area contributed by atoms with Crippen LogP contribution in [-0.2, 0) is 9.59 Å². The zero-order valence-corrected chi connectivity index (χ0v) is 14.1. The average Bonchev–Trinajstić information content (AvgIpc) is 2.93. The van der Waals surface area contributed by atoms with E-state index < -0.39 is 6.03 Å². The fourth-order valence-corrected chi connectivity index (χ4v) is 4.78. The predicted octanol–water partition coefficient (Wildman–Crippen LogP) is 1.63. The third-order valence-corrected chi connectivity index (χ3v) is 5.94. The molecular weight excluding hydrogens is 318 g/mol. The lowest BCUT2D eigenvalue weighted by atomic mass is 9.53. The topological polar surface area (TPSA) is 78.5 Å². The Morgan fingerprint density at radius 1 is 1.12 bits per heavy atom. The smallest absolute Gasteiger partial charge is 0.325 e. The largest absolute Gasteiger partial charge is 0.351 e. The summed E-state index contributed by atoms with van der Waals surface area (Å²) in [4.78, 5) is 36.7. The van der Waals surface area contributed by atoms with Gasteiger partial charge in [-0.15, -0.1) is 0 Å². The number of hydrogen-bond acceptors (Lipinski definition) is 3. The Hall–Kier alpha value is -2.37. The second kappa shape index (κ2) is 6.50. The molecule has 1 aromatic rings. The molecule has 4 amide bonds. The number of nitrogens with one attached hydrogen (secondary N) is 2. The molecule has 6 nitrogen and oxygen atoms in total. The van der Waals surface area contributed by atoms with Crippen LogP contribution in [0.15, 0.2) is 30.3 Å². The summed E-state index contributed by atoms with van der Waals surface area (Å²) >= 11 is 0. The van der Waals surface area contributed by atoms with Crippen molar-refractivity contribution in [1.82, 2.24) is 15.5 Å². The van der Waals surface area contributed by atoms with E-state index in [-0.39, 0.29) is 30.9 Å². The van der Waals surface area contributed by atoms with Gasteiger partial charge in [0.15, 0.2) is 0 Å². The zero-order valence-electron chi connectivity index (χ0n) is 14.1. The highest BCUT2D eigenvalue weighted by Gasteiger charge is 2.51. The molecule has 1 saturated heterocycles. The Balaban J connectivity index is 1.46. The van der Waals surface area contributed by atoms with Crippen LogP contribution in [0.25, 0.3) is 0 Å². The standard InChI is InChI=1S/C19H23N3O3/c23-15(11-22-16(24)10-20-19(22)25)21-18-14-9-5-4-8-13(14)17(18)12-6-2-1-3-7-12/h1-3,6-7,13-14,17-18H,4-5,8-11H2,(H,20,25)(H,21,23)/t13-,14+,17+,18+/m1/s1.